The SMILES string of the molecule is Cl.O=C(NCC(O)C1CCCC1)C1CCNC1. The van der Waals surface area contributed by atoms with Gasteiger partial charge in [0.05, 0.1) is 12.0 Å². The van der Waals surface area contributed by atoms with Gasteiger partial charge in [0.2, 0.25) is 5.91 Å². The lowest BCUT2D eigenvalue weighted by Crippen LogP contribution is -2.39. The third kappa shape index (κ3) is 4.12. The molecule has 1 aliphatic heterocycles. The molecule has 0 aromatic rings. The number of carbonyl (C=O) groups is 1. The van der Waals surface area contributed by atoms with Crippen LogP contribution in [0, 0.1) is 11.8 Å². The molecule has 2 rings (SSSR count). The first-order valence-electron chi connectivity index (χ1n) is 6.44. The third-order valence-electron chi connectivity index (χ3n) is 3.86. The smallest absolute Gasteiger partial charge is 0.224 e. The maximum Gasteiger partial charge on any atom is 0.224 e. The standard InChI is InChI=1S/C12H22N2O2.ClH/c15-11(9-3-1-2-4-9)8-14-12(16)10-5-6-13-7-10;/h9-11,13,15H,1-8H2,(H,14,16);1H. The molecule has 1 saturated carbocycles. The molecular weight excluding hydrogens is 240 g/mol. The number of carbonyl (C=O) groups excluding carboxylic acids is 1. The molecule has 1 saturated heterocycles. The summed E-state index contributed by atoms with van der Waals surface area (Å²) in [7, 11) is 0. The number of rotatable bonds is 4. The van der Waals surface area contributed by atoms with Gasteiger partial charge in [-0.15, -0.1) is 12.4 Å². The zero-order valence-electron chi connectivity index (χ0n) is 10.2. The molecule has 100 valence electrons. The first-order chi connectivity index (χ1) is 7.77. The quantitative estimate of drug-likeness (QED) is 0.699. The molecule has 2 atom stereocenters. The summed E-state index contributed by atoms with van der Waals surface area (Å²) in [4.78, 5) is 11.7. The van der Waals surface area contributed by atoms with E-state index in [2.05, 4.69) is 10.6 Å². The van der Waals surface area contributed by atoms with Gasteiger partial charge < -0.3 is 15.7 Å². The van der Waals surface area contributed by atoms with Gasteiger partial charge in [-0.25, -0.2) is 0 Å². The number of halogens is 1. The number of aliphatic hydroxyl groups is 1. The van der Waals surface area contributed by atoms with E-state index in [1.807, 2.05) is 0 Å². The molecule has 17 heavy (non-hydrogen) atoms. The minimum absolute atomic E-state index is 0. The van der Waals surface area contributed by atoms with Crippen molar-refractivity contribution in [2.45, 2.75) is 38.2 Å². The summed E-state index contributed by atoms with van der Waals surface area (Å²) in [5, 5.41) is 16.0. The van der Waals surface area contributed by atoms with Crippen LogP contribution in [0.3, 0.4) is 0 Å². The Morgan fingerprint density at radius 1 is 1.35 bits per heavy atom. The number of aliphatic hydroxyl groups excluding tert-OH is 1. The number of nitrogens with one attached hydrogen (secondary N) is 2. The fourth-order valence-electron chi connectivity index (χ4n) is 2.74. The second-order valence-electron chi connectivity index (χ2n) is 5.05. The minimum Gasteiger partial charge on any atom is -0.391 e. The number of amides is 1. The van der Waals surface area contributed by atoms with Crippen molar-refractivity contribution in [1.29, 1.82) is 0 Å². The summed E-state index contributed by atoms with van der Waals surface area (Å²) >= 11 is 0. The molecule has 0 aromatic carbocycles. The van der Waals surface area contributed by atoms with Crippen molar-refractivity contribution in [2.75, 3.05) is 19.6 Å². The predicted molar refractivity (Wildman–Crippen MR) is 69.2 cm³/mol. The van der Waals surface area contributed by atoms with Crippen LogP contribution in [0.1, 0.15) is 32.1 Å². The normalized spacial score (nSPS) is 26.5. The van der Waals surface area contributed by atoms with Gasteiger partial charge in [0, 0.05) is 13.1 Å². The van der Waals surface area contributed by atoms with Crippen molar-refractivity contribution in [3.63, 3.8) is 0 Å². The molecule has 5 heteroatoms. The highest BCUT2D eigenvalue weighted by atomic mass is 35.5. The zero-order chi connectivity index (χ0) is 11.4. The van der Waals surface area contributed by atoms with Gasteiger partial charge in [-0.3, -0.25) is 4.79 Å². The largest absolute Gasteiger partial charge is 0.391 e. The Labute approximate surface area is 109 Å². The van der Waals surface area contributed by atoms with Gasteiger partial charge in [0.1, 0.15) is 0 Å². The van der Waals surface area contributed by atoms with E-state index < -0.39 is 0 Å². The second-order valence-corrected chi connectivity index (χ2v) is 5.05. The summed E-state index contributed by atoms with van der Waals surface area (Å²) in [5.41, 5.74) is 0. The molecule has 0 spiro atoms. The van der Waals surface area contributed by atoms with Gasteiger partial charge in [0.15, 0.2) is 0 Å². The first kappa shape index (κ1) is 14.7. The van der Waals surface area contributed by atoms with Crippen LogP contribution < -0.4 is 10.6 Å². The second kappa shape index (κ2) is 7.19. The molecule has 4 nitrogen and oxygen atoms in total. The van der Waals surface area contributed by atoms with Crippen LogP contribution in [-0.4, -0.2) is 36.8 Å². The molecule has 3 N–H and O–H groups in total. The molecule has 1 amide bonds. The Bertz CT molecular complexity index is 239. The first-order valence-corrected chi connectivity index (χ1v) is 6.44. The molecule has 1 aliphatic carbocycles. The van der Waals surface area contributed by atoms with E-state index in [1.54, 1.807) is 0 Å². The van der Waals surface area contributed by atoms with Gasteiger partial charge in [-0.2, -0.15) is 0 Å². The Morgan fingerprint density at radius 3 is 2.65 bits per heavy atom. The topological polar surface area (TPSA) is 61.4 Å². The third-order valence-corrected chi connectivity index (χ3v) is 3.86. The Balaban J connectivity index is 0.00000144. The van der Waals surface area contributed by atoms with Crippen molar-refractivity contribution in [1.82, 2.24) is 10.6 Å². The highest BCUT2D eigenvalue weighted by molar-refractivity contribution is 5.85. The fourth-order valence-corrected chi connectivity index (χ4v) is 2.74. The van der Waals surface area contributed by atoms with E-state index in [0.717, 1.165) is 32.4 Å². The van der Waals surface area contributed by atoms with Crippen LogP contribution in [0.25, 0.3) is 0 Å². The lowest BCUT2D eigenvalue weighted by atomic mass is 10.0. The van der Waals surface area contributed by atoms with E-state index in [1.165, 1.54) is 12.8 Å². The van der Waals surface area contributed by atoms with Crippen LogP contribution in [0.5, 0.6) is 0 Å². The van der Waals surface area contributed by atoms with E-state index in [9.17, 15) is 9.90 Å². The van der Waals surface area contributed by atoms with Crippen LogP contribution in [-0.2, 0) is 4.79 Å². The summed E-state index contributed by atoms with van der Waals surface area (Å²) in [5.74, 6) is 0.611. The fraction of sp³-hybridized carbons (Fsp3) is 0.917. The highest BCUT2D eigenvalue weighted by Gasteiger charge is 2.26. The molecule has 2 unspecified atom stereocenters. The van der Waals surface area contributed by atoms with E-state index in [4.69, 9.17) is 0 Å². The molecule has 2 aliphatic rings. The van der Waals surface area contributed by atoms with Crippen molar-refractivity contribution >= 4 is 18.3 Å². The van der Waals surface area contributed by atoms with Crippen molar-refractivity contribution in [3.05, 3.63) is 0 Å². The highest BCUT2D eigenvalue weighted by Crippen LogP contribution is 2.27. The number of hydrogen-bond donors (Lipinski definition) is 3. The summed E-state index contributed by atoms with van der Waals surface area (Å²) < 4.78 is 0. The Morgan fingerprint density at radius 2 is 2.06 bits per heavy atom. The average Bonchev–Trinajstić information content (AvgIpc) is 2.95. The zero-order valence-corrected chi connectivity index (χ0v) is 11.0. The van der Waals surface area contributed by atoms with Gasteiger partial charge in [-0.05, 0) is 31.7 Å². The van der Waals surface area contributed by atoms with Crippen molar-refractivity contribution in [2.24, 2.45) is 11.8 Å². The van der Waals surface area contributed by atoms with Crippen LogP contribution in [0.2, 0.25) is 0 Å². The van der Waals surface area contributed by atoms with E-state index >= 15 is 0 Å². The summed E-state index contributed by atoms with van der Waals surface area (Å²) in [6, 6.07) is 0. The van der Waals surface area contributed by atoms with Crippen LogP contribution in [0.4, 0.5) is 0 Å². The maximum atomic E-state index is 11.7. The summed E-state index contributed by atoms with van der Waals surface area (Å²) in [6.45, 7) is 2.15. The van der Waals surface area contributed by atoms with Crippen molar-refractivity contribution < 1.29 is 9.90 Å². The lowest BCUT2D eigenvalue weighted by molar-refractivity contribution is -0.125. The maximum absolute atomic E-state index is 11.7. The van der Waals surface area contributed by atoms with Gasteiger partial charge >= 0.3 is 0 Å². The monoisotopic (exact) mass is 262 g/mol. The molecular formula is C12H23ClN2O2. The average molecular weight is 263 g/mol. The summed E-state index contributed by atoms with van der Waals surface area (Å²) in [6.07, 6.45) is 5.25. The molecule has 2 fully saturated rings. The molecule has 0 radical (unpaired) electrons. The van der Waals surface area contributed by atoms with Gasteiger partial charge in [0.25, 0.3) is 0 Å². The molecule has 0 aromatic heterocycles. The molecule has 0 bridgehead atoms. The lowest BCUT2D eigenvalue weighted by Gasteiger charge is -2.19. The van der Waals surface area contributed by atoms with Gasteiger partial charge in [-0.1, -0.05) is 12.8 Å². The van der Waals surface area contributed by atoms with Crippen LogP contribution >= 0.6 is 12.4 Å². The predicted octanol–water partition coefficient (Wildman–Crippen LogP) is 0.685. The Kier molecular flexibility index (Phi) is 6.23. The molecule has 1 heterocycles. The number of hydrogen-bond acceptors (Lipinski definition) is 3. The minimum atomic E-state index is -0.346. The Hall–Kier alpha value is -0.320. The van der Waals surface area contributed by atoms with E-state index in [-0.39, 0.29) is 30.3 Å². The van der Waals surface area contributed by atoms with Crippen LogP contribution in [0.15, 0.2) is 0 Å². The van der Waals surface area contributed by atoms with E-state index in [0.29, 0.717) is 12.5 Å². The van der Waals surface area contributed by atoms with Crippen molar-refractivity contribution in [3.8, 4) is 0 Å².